The lowest BCUT2D eigenvalue weighted by atomic mass is 9.71. The van der Waals surface area contributed by atoms with Gasteiger partial charge in [0.2, 0.25) is 0 Å². The molecule has 0 radical (unpaired) electrons. The first-order valence-electron chi connectivity index (χ1n) is 8.22. The Hall–Kier alpha value is -2.86. The molecule has 0 bridgehead atoms. The Morgan fingerprint density at radius 2 is 1.96 bits per heavy atom. The number of aromatic amines is 1. The summed E-state index contributed by atoms with van der Waals surface area (Å²) in [5.41, 5.74) is 5.82. The van der Waals surface area contributed by atoms with Gasteiger partial charge in [0.25, 0.3) is 0 Å². The second-order valence-electron chi connectivity index (χ2n) is 6.90. The number of fused-ring (bicyclic) bond motifs is 4. The Morgan fingerprint density at radius 3 is 2.67 bits per heavy atom. The zero-order valence-electron chi connectivity index (χ0n) is 14.0. The number of nitrogens with zero attached hydrogens (tertiary/aromatic N) is 1. The van der Waals surface area contributed by atoms with Crippen molar-refractivity contribution < 1.29 is 4.79 Å². The highest BCUT2D eigenvalue weighted by molar-refractivity contribution is 6.20. The summed E-state index contributed by atoms with van der Waals surface area (Å²) in [6, 6.07) is 13.8. The molecule has 1 N–H and O–H groups in total. The maximum atomic E-state index is 13.2. The van der Waals surface area contributed by atoms with Crippen molar-refractivity contribution in [3.63, 3.8) is 0 Å². The fourth-order valence-corrected chi connectivity index (χ4v) is 3.95. The Morgan fingerprint density at radius 1 is 1.21 bits per heavy atom. The number of rotatable bonds is 1. The van der Waals surface area contributed by atoms with E-state index in [9.17, 15) is 10.1 Å². The van der Waals surface area contributed by atoms with Crippen molar-refractivity contribution in [1.82, 2.24) is 4.98 Å². The van der Waals surface area contributed by atoms with Gasteiger partial charge in [-0.05, 0) is 29.7 Å². The Bertz CT molecular complexity index is 1050. The summed E-state index contributed by atoms with van der Waals surface area (Å²) in [6.07, 6.45) is 0.783. The van der Waals surface area contributed by atoms with E-state index in [0.717, 1.165) is 45.3 Å². The average Bonchev–Trinajstić information content (AvgIpc) is 3.00. The number of ketones is 1. The molecule has 3 heteroatoms. The van der Waals surface area contributed by atoms with Crippen molar-refractivity contribution in [2.45, 2.75) is 32.6 Å². The van der Waals surface area contributed by atoms with Crippen molar-refractivity contribution in [3.8, 4) is 6.07 Å². The van der Waals surface area contributed by atoms with Gasteiger partial charge in [-0.25, -0.2) is 0 Å². The second kappa shape index (κ2) is 4.82. The van der Waals surface area contributed by atoms with E-state index < -0.39 is 0 Å². The molecular weight excluding hydrogens is 296 g/mol. The van der Waals surface area contributed by atoms with E-state index in [1.54, 1.807) is 0 Å². The summed E-state index contributed by atoms with van der Waals surface area (Å²) in [5.74, 6) is 0.0746. The molecule has 0 amide bonds. The first-order chi connectivity index (χ1) is 11.5. The zero-order valence-corrected chi connectivity index (χ0v) is 14.0. The van der Waals surface area contributed by atoms with Crippen LogP contribution < -0.4 is 0 Å². The van der Waals surface area contributed by atoms with E-state index >= 15 is 0 Å². The first kappa shape index (κ1) is 14.7. The number of nitriles is 1. The van der Waals surface area contributed by atoms with Gasteiger partial charge in [-0.3, -0.25) is 4.79 Å². The van der Waals surface area contributed by atoms with E-state index in [4.69, 9.17) is 0 Å². The third-order valence-electron chi connectivity index (χ3n) is 5.19. The Balaban J connectivity index is 2.15. The molecular formula is C21H18N2O. The summed E-state index contributed by atoms with van der Waals surface area (Å²) in [5, 5.41) is 10.3. The molecule has 0 atom stereocenters. The number of benzene rings is 2. The van der Waals surface area contributed by atoms with Crippen molar-refractivity contribution >= 4 is 16.7 Å². The van der Waals surface area contributed by atoms with Crippen LogP contribution in [0, 0.1) is 11.3 Å². The molecule has 0 aliphatic heterocycles. The van der Waals surface area contributed by atoms with Gasteiger partial charge < -0.3 is 4.98 Å². The van der Waals surface area contributed by atoms with Gasteiger partial charge in [0.05, 0.1) is 17.2 Å². The first-order valence-corrected chi connectivity index (χ1v) is 8.22. The van der Waals surface area contributed by atoms with Crippen LogP contribution in [0.1, 0.15) is 59.1 Å². The summed E-state index contributed by atoms with van der Waals surface area (Å²) in [7, 11) is 0. The lowest BCUT2D eigenvalue weighted by Gasteiger charge is -2.32. The van der Waals surface area contributed by atoms with Gasteiger partial charge in [-0.15, -0.1) is 0 Å². The number of hydrogen-bond donors (Lipinski definition) is 1. The fourth-order valence-electron chi connectivity index (χ4n) is 3.95. The highest BCUT2D eigenvalue weighted by Gasteiger charge is 2.39. The Labute approximate surface area is 140 Å². The van der Waals surface area contributed by atoms with Crippen LogP contribution in [-0.2, 0) is 11.8 Å². The highest BCUT2D eigenvalue weighted by Crippen LogP contribution is 2.44. The molecule has 1 heterocycles. The van der Waals surface area contributed by atoms with Crippen LogP contribution in [0.15, 0.2) is 36.4 Å². The molecule has 3 nitrogen and oxygen atoms in total. The van der Waals surface area contributed by atoms with E-state index in [2.05, 4.69) is 31.8 Å². The van der Waals surface area contributed by atoms with Gasteiger partial charge in [0.1, 0.15) is 0 Å². The largest absolute Gasteiger partial charge is 0.357 e. The smallest absolute Gasteiger partial charge is 0.195 e. The lowest BCUT2D eigenvalue weighted by molar-refractivity contribution is 0.103. The lowest BCUT2D eigenvalue weighted by Crippen LogP contribution is -2.30. The molecule has 1 aliphatic rings. The predicted octanol–water partition coefficient (Wildman–Crippen LogP) is 4.47. The topological polar surface area (TPSA) is 56.6 Å². The van der Waals surface area contributed by atoms with Crippen LogP contribution >= 0.6 is 0 Å². The molecule has 1 aromatic heterocycles. The van der Waals surface area contributed by atoms with Gasteiger partial charge in [0, 0.05) is 27.6 Å². The standard InChI is InChI=1S/C21H18N2O/c1-4-13-9-12(11-22)10-16-17(13)18-19(24)14-7-5-6-8-15(14)21(2,3)20(18)23-16/h5-10,23H,4H2,1-3H3. The molecule has 3 aromatic rings. The van der Waals surface area contributed by atoms with Crippen LogP contribution in [0.5, 0.6) is 0 Å². The van der Waals surface area contributed by atoms with Crippen molar-refractivity contribution in [2.75, 3.05) is 0 Å². The SMILES string of the molecule is CCc1cc(C#N)cc2[nH]c3c(c12)C(=O)c1ccccc1C3(C)C. The number of carbonyl (C=O) groups excluding carboxylic acids is 1. The maximum Gasteiger partial charge on any atom is 0.195 e. The summed E-state index contributed by atoms with van der Waals surface area (Å²) in [6.45, 7) is 6.34. The third-order valence-corrected chi connectivity index (χ3v) is 5.19. The quantitative estimate of drug-likeness (QED) is 0.720. The molecule has 4 rings (SSSR count). The number of H-pyrrole nitrogens is 1. The van der Waals surface area contributed by atoms with Gasteiger partial charge in [-0.1, -0.05) is 45.0 Å². The molecule has 1 aliphatic carbocycles. The zero-order chi connectivity index (χ0) is 17.1. The predicted molar refractivity (Wildman–Crippen MR) is 94.4 cm³/mol. The minimum absolute atomic E-state index is 0.0746. The van der Waals surface area contributed by atoms with E-state index in [-0.39, 0.29) is 11.2 Å². The Kier molecular flexibility index (Phi) is 2.95. The minimum atomic E-state index is -0.281. The van der Waals surface area contributed by atoms with Gasteiger partial charge in [-0.2, -0.15) is 5.26 Å². The third kappa shape index (κ3) is 1.74. The highest BCUT2D eigenvalue weighted by atomic mass is 16.1. The normalized spacial score (nSPS) is 15.0. The molecule has 24 heavy (non-hydrogen) atoms. The average molecular weight is 314 g/mol. The summed E-state index contributed by atoms with van der Waals surface area (Å²) < 4.78 is 0. The molecule has 0 saturated carbocycles. The fraction of sp³-hybridized carbons (Fsp3) is 0.238. The number of aromatic nitrogens is 1. The van der Waals surface area contributed by atoms with E-state index in [1.807, 2.05) is 36.4 Å². The molecule has 118 valence electrons. The number of nitrogens with one attached hydrogen (secondary N) is 1. The van der Waals surface area contributed by atoms with Crippen LogP contribution in [0.2, 0.25) is 0 Å². The summed E-state index contributed by atoms with van der Waals surface area (Å²) >= 11 is 0. The number of carbonyl (C=O) groups is 1. The van der Waals surface area contributed by atoms with Crippen molar-refractivity contribution in [3.05, 3.63) is 69.9 Å². The minimum Gasteiger partial charge on any atom is -0.357 e. The molecule has 0 saturated heterocycles. The van der Waals surface area contributed by atoms with Gasteiger partial charge >= 0.3 is 0 Å². The van der Waals surface area contributed by atoms with Crippen LogP contribution in [0.25, 0.3) is 10.9 Å². The molecule has 2 aromatic carbocycles. The van der Waals surface area contributed by atoms with Crippen molar-refractivity contribution in [2.24, 2.45) is 0 Å². The van der Waals surface area contributed by atoms with Crippen LogP contribution in [0.4, 0.5) is 0 Å². The van der Waals surface area contributed by atoms with E-state index in [1.165, 1.54) is 0 Å². The maximum absolute atomic E-state index is 13.2. The number of aryl methyl sites for hydroxylation is 1. The number of hydrogen-bond acceptors (Lipinski definition) is 2. The van der Waals surface area contributed by atoms with Gasteiger partial charge in [0.15, 0.2) is 5.78 Å². The second-order valence-corrected chi connectivity index (χ2v) is 6.90. The monoisotopic (exact) mass is 314 g/mol. The molecule has 0 fully saturated rings. The van der Waals surface area contributed by atoms with Crippen LogP contribution in [-0.4, -0.2) is 10.8 Å². The van der Waals surface area contributed by atoms with Crippen LogP contribution in [0.3, 0.4) is 0 Å². The molecule has 0 unspecified atom stereocenters. The van der Waals surface area contributed by atoms with E-state index in [0.29, 0.717) is 5.56 Å². The molecule has 0 spiro atoms. The summed E-state index contributed by atoms with van der Waals surface area (Å²) in [4.78, 5) is 16.7. The van der Waals surface area contributed by atoms with Crippen molar-refractivity contribution in [1.29, 1.82) is 5.26 Å².